The third kappa shape index (κ3) is 2.72. The first kappa shape index (κ1) is 13.5. The predicted molar refractivity (Wildman–Crippen MR) is 69.6 cm³/mol. The van der Waals surface area contributed by atoms with Crippen LogP contribution in [-0.4, -0.2) is 31.3 Å². The fourth-order valence-electron chi connectivity index (χ4n) is 2.09. The normalized spacial score (nSPS) is 17.6. The Morgan fingerprint density at radius 1 is 1.61 bits per heavy atom. The molecule has 0 aliphatic carbocycles. The van der Waals surface area contributed by atoms with Gasteiger partial charge in [0.15, 0.2) is 0 Å². The van der Waals surface area contributed by atoms with Crippen LogP contribution in [0.15, 0.2) is 5.38 Å². The first-order chi connectivity index (χ1) is 8.55. The Balaban J connectivity index is 2.04. The number of esters is 1. The van der Waals surface area contributed by atoms with E-state index in [2.05, 4.69) is 24.2 Å². The molecule has 0 aromatic carbocycles. The second kappa shape index (κ2) is 5.36. The maximum Gasteiger partial charge on any atom is 0.316 e. The second-order valence-corrected chi connectivity index (χ2v) is 6.21. The summed E-state index contributed by atoms with van der Waals surface area (Å²) in [7, 11) is 1.43. The SMILES string of the molecule is COC(=O)C1(Cc2nc(CC(C)C)cs2)COC1. The topological polar surface area (TPSA) is 48.4 Å². The summed E-state index contributed by atoms with van der Waals surface area (Å²) >= 11 is 1.62. The quantitative estimate of drug-likeness (QED) is 0.768. The summed E-state index contributed by atoms with van der Waals surface area (Å²) in [6.07, 6.45) is 1.61. The molecule has 0 bridgehead atoms. The van der Waals surface area contributed by atoms with Gasteiger partial charge in [-0.15, -0.1) is 11.3 Å². The molecule has 0 spiro atoms. The van der Waals surface area contributed by atoms with Crippen molar-refractivity contribution in [2.24, 2.45) is 11.3 Å². The monoisotopic (exact) mass is 269 g/mol. The van der Waals surface area contributed by atoms with Gasteiger partial charge in [0.05, 0.1) is 31.0 Å². The Morgan fingerprint density at radius 3 is 2.83 bits per heavy atom. The molecule has 0 saturated carbocycles. The third-order valence-corrected chi connectivity index (χ3v) is 3.98. The van der Waals surface area contributed by atoms with E-state index >= 15 is 0 Å². The lowest BCUT2D eigenvalue weighted by atomic mass is 9.83. The van der Waals surface area contributed by atoms with Crippen LogP contribution in [-0.2, 0) is 27.1 Å². The number of hydrogen-bond donors (Lipinski definition) is 0. The molecule has 0 radical (unpaired) electrons. The van der Waals surface area contributed by atoms with Crippen LogP contribution in [0.3, 0.4) is 0 Å². The van der Waals surface area contributed by atoms with E-state index in [4.69, 9.17) is 9.47 Å². The summed E-state index contributed by atoms with van der Waals surface area (Å²) in [6.45, 7) is 5.24. The minimum Gasteiger partial charge on any atom is -0.468 e. The predicted octanol–water partition coefficient (Wildman–Crippen LogP) is 2.07. The molecule has 2 rings (SSSR count). The molecule has 1 fully saturated rings. The minimum atomic E-state index is -0.498. The molecule has 1 aromatic rings. The molecule has 0 atom stereocenters. The smallest absolute Gasteiger partial charge is 0.316 e. The van der Waals surface area contributed by atoms with E-state index in [0.29, 0.717) is 25.6 Å². The highest BCUT2D eigenvalue weighted by molar-refractivity contribution is 7.09. The molecule has 100 valence electrons. The first-order valence-corrected chi connectivity index (χ1v) is 7.03. The van der Waals surface area contributed by atoms with Crippen molar-refractivity contribution >= 4 is 17.3 Å². The highest BCUT2D eigenvalue weighted by Crippen LogP contribution is 2.34. The van der Waals surface area contributed by atoms with Crippen LogP contribution in [0.5, 0.6) is 0 Å². The van der Waals surface area contributed by atoms with Gasteiger partial charge in [0.2, 0.25) is 0 Å². The number of rotatable bonds is 5. The van der Waals surface area contributed by atoms with Crippen molar-refractivity contribution in [1.82, 2.24) is 4.98 Å². The van der Waals surface area contributed by atoms with Gasteiger partial charge in [-0.05, 0) is 12.3 Å². The molecule has 0 amide bonds. The highest BCUT2D eigenvalue weighted by Gasteiger charge is 2.47. The number of nitrogens with zero attached hydrogens (tertiary/aromatic N) is 1. The van der Waals surface area contributed by atoms with Gasteiger partial charge < -0.3 is 9.47 Å². The molecule has 1 aliphatic heterocycles. The summed E-state index contributed by atoms with van der Waals surface area (Å²) in [5, 5.41) is 3.08. The highest BCUT2D eigenvalue weighted by atomic mass is 32.1. The largest absolute Gasteiger partial charge is 0.468 e. The lowest BCUT2D eigenvalue weighted by Crippen LogP contribution is -2.51. The molecular weight excluding hydrogens is 250 g/mol. The maximum atomic E-state index is 11.8. The first-order valence-electron chi connectivity index (χ1n) is 6.15. The maximum absolute atomic E-state index is 11.8. The van der Waals surface area contributed by atoms with Crippen LogP contribution in [0, 0.1) is 11.3 Å². The number of carbonyl (C=O) groups is 1. The number of carbonyl (C=O) groups excluding carboxylic acids is 1. The molecule has 18 heavy (non-hydrogen) atoms. The van der Waals surface area contributed by atoms with E-state index in [1.165, 1.54) is 7.11 Å². The molecule has 1 aliphatic rings. The Hall–Kier alpha value is -0.940. The Kier molecular flexibility index (Phi) is 4.02. The Bertz CT molecular complexity index is 424. The van der Waals surface area contributed by atoms with Crippen molar-refractivity contribution in [1.29, 1.82) is 0 Å². The van der Waals surface area contributed by atoms with E-state index in [0.717, 1.165) is 17.1 Å². The molecule has 1 aromatic heterocycles. The van der Waals surface area contributed by atoms with Crippen LogP contribution in [0.1, 0.15) is 24.5 Å². The van der Waals surface area contributed by atoms with Gasteiger partial charge in [-0.2, -0.15) is 0 Å². The minimum absolute atomic E-state index is 0.186. The molecule has 5 heteroatoms. The summed E-state index contributed by atoms with van der Waals surface area (Å²) in [6, 6.07) is 0. The van der Waals surface area contributed by atoms with Crippen LogP contribution in [0.4, 0.5) is 0 Å². The van der Waals surface area contributed by atoms with Gasteiger partial charge in [0.25, 0.3) is 0 Å². The second-order valence-electron chi connectivity index (χ2n) is 5.27. The number of hydrogen-bond acceptors (Lipinski definition) is 5. The van der Waals surface area contributed by atoms with Gasteiger partial charge in [-0.25, -0.2) is 4.98 Å². The number of aromatic nitrogens is 1. The van der Waals surface area contributed by atoms with E-state index in [-0.39, 0.29) is 5.97 Å². The lowest BCUT2D eigenvalue weighted by Gasteiger charge is -2.37. The number of ether oxygens (including phenoxy) is 2. The summed E-state index contributed by atoms with van der Waals surface area (Å²) in [4.78, 5) is 16.4. The summed E-state index contributed by atoms with van der Waals surface area (Å²) in [5.41, 5.74) is 0.618. The number of methoxy groups -OCH3 is 1. The molecular formula is C13H19NO3S. The van der Waals surface area contributed by atoms with Gasteiger partial charge in [0.1, 0.15) is 5.41 Å². The van der Waals surface area contributed by atoms with Crippen molar-refractivity contribution in [3.8, 4) is 0 Å². The van der Waals surface area contributed by atoms with Crippen LogP contribution < -0.4 is 0 Å². The Morgan fingerprint density at radius 2 is 2.33 bits per heavy atom. The average Bonchev–Trinajstić information content (AvgIpc) is 2.69. The lowest BCUT2D eigenvalue weighted by molar-refractivity contribution is -0.182. The Labute approximate surface area is 111 Å². The van der Waals surface area contributed by atoms with Gasteiger partial charge >= 0.3 is 5.97 Å². The van der Waals surface area contributed by atoms with Gasteiger partial charge in [-0.3, -0.25) is 4.79 Å². The number of thiazole rings is 1. The van der Waals surface area contributed by atoms with Crippen LogP contribution >= 0.6 is 11.3 Å². The molecule has 1 saturated heterocycles. The zero-order chi connectivity index (χ0) is 13.2. The van der Waals surface area contributed by atoms with E-state index in [1.54, 1.807) is 11.3 Å². The fraction of sp³-hybridized carbons (Fsp3) is 0.692. The zero-order valence-corrected chi connectivity index (χ0v) is 11.9. The van der Waals surface area contributed by atoms with Gasteiger partial charge in [-0.1, -0.05) is 13.8 Å². The van der Waals surface area contributed by atoms with Crippen molar-refractivity contribution in [3.05, 3.63) is 16.1 Å². The third-order valence-electron chi connectivity index (χ3n) is 3.08. The molecule has 0 N–H and O–H groups in total. The molecule has 0 unspecified atom stereocenters. The van der Waals surface area contributed by atoms with Crippen molar-refractivity contribution in [2.45, 2.75) is 26.7 Å². The summed E-state index contributed by atoms with van der Waals surface area (Å²) in [5.74, 6) is 0.413. The van der Waals surface area contributed by atoms with E-state index < -0.39 is 5.41 Å². The van der Waals surface area contributed by atoms with Crippen LogP contribution in [0.2, 0.25) is 0 Å². The van der Waals surface area contributed by atoms with Gasteiger partial charge in [0, 0.05) is 11.8 Å². The van der Waals surface area contributed by atoms with Crippen molar-refractivity contribution in [3.63, 3.8) is 0 Å². The van der Waals surface area contributed by atoms with E-state index in [9.17, 15) is 4.79 Å². The van der Waals surface area contributed by atoms with Crippen molar-refractivity contribution in [2.75, 3.05) is 20.3 Å². The van der Waals surface area contributed by atoms with Crippen LogP contribution in [0.25, 0.3) is 0 Å². The molecule has 4 nitrogen and oxygen atoms in total. The summed E-state index contributed by atoms with van der Waals surface area (Å²) < 4.78 is 10.0. The van der Waals surface area contributed by atoms with Crippen molar-refractivity contribution < 1.29 is 14.3 Å². The molecule has 2 heterocycles. The van der Waals surface area contributed by atoms with E-state index in [1.807, 2.05) is 0 Å². The standard InChI is InChI=1S/C13H19NO3S/c1-9(2)4-10-6-18-11(14-10)5-13(7-17-8-13)12(15)16-3/h6,9H,4-5,7-8H2,1-3H3. The average molecular weight is 269 g/mol. The zero-order valence-electron chi connectivity index (χ0n) is 11.1. The fourth-order valence-corrected chi connectivity index (χ4v) is 3.04.